The van der Waals surface area contributed by atoms with Crippen LogP contribution < -0.4 is 10.9 Å². The minimum Gasteiger partial charge on any atom is -0.324 e. The molecule has 1 amide bonds. The molecule has 0 aliphatic carbocycles. The average Bonchev–Trinajstić information content (AvgIpc) is 2.55. The lowest BCUT2D eigenvalue weighted by Gasteiger charge is -2.18. The number of anilines is 1. The third kappa shape index (κ3) is 3.49. The number of nitrogens with zero attached hydrogens (tertiary/aromatic N) is 2. The van der Waals surface area contributed by atoms with Crippen molar-refractivity contribution in [3.63, 3.8) is 0 Å². The standard InChI is InChI=1S/C18H19N3O2/c1-4-14-6-9-16(10-7-14)20-17(22)13(3)21-12(2)5-8-15(11-19)18(21)23/h5-10,13H,4H2,1-3H3,(H,20,22). The summed E-state index contributed by atoms with van der Waals surface area (Å²) in [4.78, 5) is 24.7. The summed E-state index contributed by atoms with van der Waals surface area (Å²) in [7, 11) is 0. The van der Waals surface area contributed by atoms with Gasteiger partial charge in [-0.3, -0.25) is 14.2 Å². The molecular weight excluding hydrogens is 290 g/mol. The number of rotatable bonds is 4. The summed E-state index contributed by atoms with van der Waals surface area (Å²) in [5, 5.41) is 11.8. The Bertz CT molecular complexity index is 814. The van der Waals surface area contributed by atoms with Crippen LogP contribution in [0.15, 0.2) is 41.2 Å². The predicted molar refractivity (Wildman–Crippen MR) is 89.3 cm³/mol. The zero-order valence-corrected chi connectivity index (χ0v) is 13.5. The van der Waals surface area contributed by atoms with E-state index in [2.05, 4.69) is 12.2 Å². The lowest BCUT2D eigenvalue weighted by molar-refractivity contribution is -0.118. The summed E-state index contributed by atoms with van der Waals surface area (Å²) in [5.74, 6) is -0.297. The highest BCUT2D eigenvalue weighted by atomic mass is 16.2. The van der Waals surface area contributed by atoms with E-state index in [1.165, 1.54) is 16.2 Å². The normalized spacial score (nSPS) is 11.6. The number of aryl methyl sites for hydroxylation is 2. The van der Waals surface area contributed by atoms with E-state index in [1.807, 2.05) is 30.3 Å². The van der Waals surface area contributed by atoms with Gasteiger partial charge in [-0.2, -0.15) is 5.26 Å². The van der Waals surface area contributed by atoms with Gasteiger partial charge in [-0.15, -0.1) is 0 Å². The first kappa shape index (κ1) is 16.5. The van der Waals surface area contributed by atoms with Gasteiger partial charge >= 0.3 is 0 Å². The van der Waals surface area contributed by atoms with Gasteiger partial charge in [0.15, 0.2) is 0 Å². The van der Waals surface area contributed by atoms with Gasteiger partial charge in [0.05, 0.1) is 0 Å². The molecule has 1 heterocycles. The van der Waals surface area contributed by atoms with Crippen LogP contribution in [0.25, 0.3) is 0 Å². The van der Waals surface area contributed by atoms with Crippen LogP contribution in [-0.4, -0.2) is 10.5 Å². The monoisotopic (exact) mass is 309 g/mol. The smallest absolute Gasteiger partial charge is 0.269 e. The van der Waals surface area contributed by atoms with Crippen molar-refractivity contribution in [2.75, 3.05) is 5.32 Å². The second kappa shape index (κ2) is 6.93. The summed E-state index contributed by atoms with van der Waals surface area (Å²) < 4.78 is 1.34. The molecule has 1 aromatic heterocycles. The summed E-state index contributed by atoms with van der Waals surface area (Å²) in [6.45, 7) is 5.45. The van der Waals surface area contributed by atoms with Crippen LogP contribution in [0, 0.1) is 18.3 Å². The van der Waals surface area contributed by atoms with Gasteiger partial charge in [0.1, 0.15) is 17.7 Å². The SMILES string of the molecule is CCc1ccc(NC(=O)C(C)n2c(C)ccc(C#N)c2=O)cc1. The zero-order chi connectivity index (χ0) is 17.0. The molecule has 0 radical (unpaired) electrons. The molecule has 5 heteroatoms. The van der Waals surface area contributed by atoms with Crippen LogP contribution in [0.2, 0.25) is 0 Å². The summed E-state index contributed by atoms with van der Waals surface area (Å²) in [6, 6.07) is 11.9. The van der Waals surface area contributed by atoms with E-state index >= 15 is 0 Å². The zero-order valence-electron chi connectivity index (χ0n) is 13.5. The summed E-state index contributed by atoms with van der Waals surface area (Å²) >= 11 is 0. The number of aromatic nitrogens is 1. The minimum absolute atomic E-state index is 0.0301. The number of carbonyl (C=O) groups is 1. The van der Waals surface area contributed by atoms with Crippen molar-refractivity contribution in [3.8, 4) is 6.07 Å². The third-order valence-corrected chi connectivity index (χ3v) is 3.84. The van der Waals surface area contributed by atoms with E-state index in [4.69, 9.17) is 5.26 Å². The van der Waals surface area contributed by atoms with E-state index in [0.29, 0.717) is 11.4 Å². The summed E-state index contributed by atoms with van der Waals surface area (Å²) in [5.41, 5.74) is 2.09. The molecule has 2 aromatic rings. The lowest BCUT2D eigenvalue weighted by atomic mass is 10.1. The fourth-order valence-electron chi connectivity index (χ4n) is 2.40. The number of nitriles is 1. The first-order valence-electron chi connectivity index (χ1n) is 7.50. The molecule has 0 bridgehead atoms. The van der Waals surface area contributed by atoms with Crippen LogP contribution in [0.4, 0.5) is 5.69 Å². The largest absolute Gasteiger partial charge is 0.324 e. The Morgan fingerprint density at radius 3 is 2.48 bits per heavy atom. The molecule has 0 fully saturated rings. The average molecular weight is 309 g/mol. The quantitative estimate of drug-likeness (QED) is 0.943. The number of nitrogens with one attached hydrogen (secondary N) is 1. The van der Waals surface area contributed by atoms with Crippen molar-refractivity contribution < 1.29 is 4.79 Å². The van der Waals surface area contributed by atoms with Gasteiger partial charge in [-0.25, -0.2) is 0 Å². The maximum atomic E-state index is 12.4. The molecule has 2 rings (SSSR count). The fourth-order valence-corrected chi connectivity index (χ4v) is 2.40. The molecule has 5 nitrogen and oxygen atoms in total. The molecule has 118 valence electrons. The molecule has 0 aliphatic heterocycles. The fraction of sp³-hybridized carbons (Fsp3) is 0.278. The van der Waals surface area contributed by atoms with Crippen molar-refractivity contribution in [2.45, 2.75) is 33.2 Å². The van der Waals surface area contributed by atoms with E-state index in [1.54, 1.807) is 19.9 Å². The third-order valence-electron chi connectivity index (χ3n) is 3.84. The molecule has 1 aromatic carbocycles. The number of amides is 1. The highest BCUT2D eigenvalue weighted by molar-refractivity contribution is 5.93. The van der Waals surface area contributed by atoms with Crippen molar-refractivity contribution in [3.05, 3.63) is 63.6 Å². The molecule has 1 atom stereocenters. The Balaban J connectivity index is 2.26. The molecule has 0 saturated heterocycles. The first-order chi connectivity index (χ1) is 11.0. The maximum absolute atomic E-state index is 12.4. The van der Waals surface area contributed by atoms with Gasteiger partial charge in [0, 0.05) is 11.4 Å². The van der Waals surface area contributed by atoms with Crippen LogP contribution >= 0.6 is 0 Å². The predicted octanol–water partition coefficient (Wildman–Crippen LogP) is 2.79. The highest BCUT2D eigenvalue weighted by Crippen LogP contribution is 2.14. The molecule has 1 unspecified atom stereocenters. The molecule has 23 heavy (non-hydrogen) atoms. The number of hydrogen-bond donors (Lipinski definition) is 1. The first-order valence-corrected chi connectivity index (χ1v) is 7.50. The van der Waals surface area contributed by atoms with Crippen molar-refractivity contribution in [2.24, 2.45) is 0 Å². The second-order valence-electron chi connectivity index (χ2n) is 5.39. The van der Waals surface area contributed by atoms with Crippen LogP contribution in [0.3, 0.4) is 0 Å². The Morgan fingerprint density at radius 2 is 1.91 bits per heavy atom. The van der Waals surface area contributed by atoms with Gasteiger partial charge in [-0.1, -0.05) is 19.1 Å². The number of carbonyl (C=O) groups excluding carboxylic acids is 1. The topological polar surface area (TPSA) is 74.9 Å². The van der Waals surface area contributed by atoms with Crippen molar-refractivity contribution in [1.29, 1.82) is 5.26 Å². The van der Waals surface area contributed by atoms with Gasteiger partial charge in [0.2, 0.25) is 5.91 Å². The number of benzene rings is 1. The summed E-state index contributed by atoms with van der Waals surface area (Å²) in [6.07, 6.45) is 0.931. The van der Waals surface area contributed by atoms with E-state index in [9.17, 15) is 9.59 Å². The Morgan fingerprint density at radius 1 is 1.26 bits per heavy atom. The Hall–Kier alpha value is -2.87. The lowest BCUT2D eigenvalue weighted by Crippen LogP contribution is -2.34. The Kier molecular flexibility index (Phi) is 4.97. The van der Waals surface area contributed by atoms with E-state index in [0.717, 1.165) is 6.42 Å². The second-order valence-corrected chi connectivity index (χ2v) is 5.39. The van der Waals surface area contributed by atoms with Crippen LogP contribution in [0.1, 0.15) is 36.7 Å². The minimum atomic E-state index is -0.707. The highest BCUT2D eigenvalue weighted by Gasteiger charge is 2.19. The van der Waals surface area contributed by atoms with Crippen molar-refractivity contribution in [1.82, 2.24) is 4.57 Å². The Labute approximate surface area is 135 Å². The van der Waals surface area contributed by atoms with Crippen molar-refractivity contribution >= 4 is 11.6 Å². The van der Waals surface area contributed by atoms with E-state index < -0.39 is 11.6 Å². The molecule has 0 saturated carbocycles. The molecule has 0 aliphatic rings. The van der Waals surface area contributed by atoms with Gasteiger partial charge in [0.25, 0.3) is 5.56 Å². The molecule has 0 spiro atoms. The number of hydrogen-bond acceptors (Lipinski definition) is 3. The molecule has 1 N–H and O–H groups in total. The van der Waals surface area contributed by atoms with Gasteiger partial charge < -0.3 is 5.32 Å². The maximum Gasteiger partial charge on any atom is 0.269 e. The van der Waals surface area contributed by atoms with Crippen LogP contribution in [-0.2, 0) is 11.2 Å². The van der Waals surface area contributed by atoms with Crippen LogP contribution in [0.5, 0.6) is 0 Å². The van der Waals surface area contributed by atoms with Gasteiger partial charge in [-0.05, 0) is 50.1 Å². The molecular formula is C18H19N3O2. The number of pyridine rings is 1. The van der Waals surface area contributed by atoms with E-state index in [-0.39, 0.29) is 11.5 Å².